The monoisotopic (exact) mass is 274 g/mol. The van der Waals surface area contributed by atoms with Crippen LogP contribution >= 0.6 is 12.2 Å². The van der Waals surface area contributed by atoms with Crippen LogP contribution in [0.4, 0.5) is 5.69 Å². The number of fused-ring (bicyclic) bond motifs is 1. The van der Waals surface area contributed by atoms with Crippen LogP contribution < -0.4 is 10.6 Å². The molecule has 2 atom stereocenters. The smallest absolute Gasteiger partial charge is 0.104 e. The second-order valence-corrected chi connectivity index (χ2v) is 6.40. The normalized spacial score (nSPS) is 26.3. The van der Waals surface area contributed by atoms with E-state index in [-0.39, 0.29) is 0 Å². The SMILES string of the molecule is Cc1cc(N2CCC3CCCCC32)ccc1C(N)=S. The van der Waals surface area contributed by atoms with Gasteiger partial charge >= 0.3 is 0 Å². The largest absolute Gasteiger partial charge is 0.389 e. The van der Waals surface area contributed by atoms with E-state index in [1.54, 1.807) is 0 Å². The summed E-state index contributed by atoms with van der Waals surface area (Å²) in [5.74, 6) is 0.921. The highest BCUT2D eigenvalue weighted by Crippen LogP contribution is 2.39. The van der Waals surface area contributed by atoms with Gasteiger partial charge in [0.1, 0.15) is 4.99 Å². The maximum absolute atomic E-state index is 5.74. The summed E-state index contributed by atoms with van der Waals surface area (Å²) in [4.78, 5) is 3.11. The van der Waals surface area contributed by atoms with Crippen molar-refractivity contribution in [3.63, 3.8) is 0 Å². The molecule has 1 heterocycles. The average Bonchev–Trinajstić information content (AvgIpc) is 2.82. The Morgan fingerprint density at radius 3 is 2.79 bits per heavy atom. The van der Waals surface area contributed by atoms with Crippen molar-refractivity contribution >= 4 is 22.9 Å². The number of rotatable bonds is 2. The standard InChI is InChI=1S/C16H22N2S/c1-11-10-13(6-7-14(11)16(17)19)18-9-8-12-4-2-3-5-15(12)18/h6-7,10,12,15H,2-5,8-9H2,1H3,(H2,17,19). The second-order valence-electron chi connectivity index (χ2n) is 5.96. The second kappa shape index (κ2) is 5.12. The molecule has 0 aromatic heterocycles. The minimum Gasteiger partial charge on any atom is -0.389 e. The molecule has 2 N–H and O–H groups in total. The molecule has 2 nitrogen and oxygen atoms in total. The van der Waals surface area contributed by atoms with Crippen molar-refractivity contribution in [3.8, 4) is 0 Å². The van der Waals surface area contributed by atoms with Gasteiger partial charge in [-0.25, -0.2) is 0 Å². The lowest BCUT2D eigenvalue weighted by Gasteiger charge is -2.33. The summed E-state index contributed by atoms with van der Waals surface area (Å²) < 4.78 is 0. The highest BCUT2D eigenvalue weighted by Gasteiger charge is 2.35. The van der Waals surface area contributed by atoms with Crippen molar-refractivity contribution < 1.29 is 0 Å². The highest BCUT2D eigenvalue weighted by atomic mass is 32.1. The predicted molar refractivity (Wildman–Crippen MR) is 84.8 cm³/mol. The van der Waals surface area contributed by atoms with Crippen molar-refractivity contribution in [1.82, 2.24) is 0 Å². The Morgan fingerprint density at radius 2 is 2.05 bits per heavy atom. The van der Waals surface area contributed by atoms with Gasteiger partial charge < -0.3 is 10.6 Å². The quantitative estimate of drug-likeness (QED) is 0.838. The van der Waals surface area contributed by atoms with Crippen LogP contribution in [0.5, 0.6) is 0 Å². The molecule has 0 spiro atoms. The van der Waals surface area contributed by atoms with Gasteiger partial charge in [0.2, 0.25) is 0 Å². The Kier molecular flexibility index (Phi) is 3.48. The summed E-state index contributed by atoms with van der Waals surface area (Å²) in [5, 5.41) is 0. The zero-order valence-corrected chi connectivity index (χ0v) is 12.4. The maximum Gasteiger partial charge on any atom is 0.104 e. The van der Waals surface area contributed by atoms with Crippen LogP contribution in [0.2, 0.25) is 0 Å². The predicted octanol–water partition coefficient (Wildman–Crippen LogP) is 3.40. The van der Waals surface area contributed by atoms with Gasteiger partial charge in [0, 0.05) is 23.8 Å². The van der Waals surface area contributed by atoms with E-state index in [0.29, 0.717) is 4.99 Å². The summed E-state index contributed by atoms with van der Waals surface area (Å²) in [6.07, 6.45) is 6.96. The number of nitrogens with two attached hydrogens (primary N) is 1. The molecule has 1 aromatic carbocycles. The Bertz CT molecular complexity index is 498. The van der Waals surface area contributed by atoms with E-state index in [9.17, 15) is 0 Å². The Morgan fingerprint density at radius 1 is 1.26 bits per heavy atom. The molecule has 0 amide bonds. The minimum absolute atomic E-state index is 0.501. The molecule has 0 bridgehead atoms. The van der Waals surface area contributed by atoms with Crippen molar-refractivity contribution in [2.24, 2.45) is 11.7 Å². The number of hydrogen-bond acceptors (Lipinski definition) is 2. The van der Waals surface area contributed by atoms with Gasteiger partial charge in [-0.15, -0.1) is 0 Å². The number of nitrogens with zero attached hydrogens (tertiary/aromatic N) is 1. The topological polar surface area (TPSA) is 29.3 Å². The Balaban J connectivity index is 1.86. The molecule has 1 aromatic rings. The molecule has 3 heteroatoms. The van der Waals surface area contributed by atoms with Crippen LogP contribution in [0.15, 0.2) is 18.2 Å². The molecule has 0 radical (unpaired) electrons. The van der Waals surface area contributed by atoms with Crippen molar-refractivity contribution in [1.29, 1.82) is 0 Å². The molecule has 1 aliphatic heterocycles. The Hall–Kier alpha value is -1.09. The molecule has 2 unspecified atom stereocenters. The van der Waals surface area contributed by atoms with Gasteiger partial charge in [-0.05, 0) is 55.9 Å². The van der Waals surface area contributed by atoms with Crippen molar-refractivity contribution in [2.75, 3.05) is 11.4 Å². The molecule has 1 saturated carbocycles. The first-order valence-electron chi connectivity index (χ1n) is 7.34. The fourth-order valence-corrected chi connectivity index (χ4v) is 4.06. The van der Waals surface area contributed by atoms with Crippen molar-refractivity contribution in [2.45, 2.75) is 45.1 Å². The number of aryl methyl sites for hydroxylation is 1. The van der Waals surface area contributed by atoms with Crippen LogP contribution in [0.1, 0.15) is 43.2 Å². The Labute approximate surface area is 121 Å². The minimum atomic E-state index is 0.501. The molecule has 102 valence electrons. The third kappa shape index (κ3) is 2.36. The molecule has 19 heavy (non-hydrogen) atoms. The maximum atomic E-state index is 5.74. The van der Waals surface area contributed by atoms with Crippen LogP contribution in [-0.2, 0) is 0 Å². The molecule has 1 aliphatic carbocycles. The molecule has 2 fully saturated rings. The molecular weight excluding hydrogens is 252 g/mol. The highest BCUT2D eigenvalue weighted by molar-refractivity contribution is 7.80. The fourth-order valence-electron chi connectivity index (χ4n) is 3.83. The van der Waals surface area contributed by atoms with E-state index in [2.05, 4.69) is 30.0 Å². The lowest BCUT2D eigenvalue weighted by Crippen LogP contribution is -2.34. The van der Waals surface area contributed by atoms with E-state index in [4.69, 9.17) is 18.0 Å². The van der Waals surface area contributed by atoms with Crippen molar-refractivity contribution in [3.05, 3.63) is 29.3 Å². The summed E-state index contributed by atoms with van der Waals surface area (Å²) >= 11 is 5.08. The summed E-state index contributed by atoms with van der Waals surface area (Å²) in [6, 6.07) is 7.30. The van der Waals surface area contributed by atoms with E-state index >= 15 is 0 Å². The van der Waals surface area contributed by atoms with E-state index in [0.717, 1.165) is 17.5 Å². The fraction of sp³-hybridized carbons (Fsp3) is 0.562. The third-order valence-electron chi connectivity index (χ3n) is 4.82. The number of hydrogen-bond donors (Lipinski definition) is 1. The van der Waals surface area contributed by atoms with E-state index in [1.165, 1.54) is 49.9 Å². The zero-order valence-electron chi connectivity index (χ0n) is 11.6. The number of thiocarbonyl (C=S) groups is 1. The zero-order chi connectivity index (χ0) is 13.4. The van der Waals surface area contributed by atoms with Crippen LogP contribution in [-0.4, -0.2) is 17.6 Å². The first-order valence-corrected chi connectivity index (χ1v) is 7.75. The van der Waals surface area contributed by atoms with Crippen LogP contribution in [0.3, 0.4) is 0 Å². The van der Waals surface area contributed by atoms with Gasteiger partial charge in [-0.1, -0.05) is 25.1 Å². The lowest BCUT2D eigenvalue weighted by atomic mass is 9.85. The average molecular weight is 274 g/mol. The summed E-state index contributed by atoms with van der Waals surface area (Å²) in [6.45, 7) is 3.31. The molecule has 1 saturated heterocycles. The van der Waals surface area contributed by atoms with Crippen LogP contribution in [0, 0.1) is 12.8 Å². The summed E-state index contributed by atoms with van der Waals surface area (Å²) in [7, 11) is 0. The first-order chi connectivity index (χ1) is 9.16. The first kappa shape index (κ1) is 12.9. The van der Waals surface area contributed by atoms with Gasteiger partial charge in [-0.3, -0.25) is 0 Å². The van der Waals surface area contributed by atoms with Gasteiger partial charge in [-0.2, -0.15) is 0 Å². The lowest BCUT2D eigenvalue weighted by molar-refractivity contribution is 0.342. The molecule has 3 rings (SSSR count). The van der Waals surface area contributed by atoms with Gasteiger partial charge in [0.25, 0.3) is 0 Å². The third-order valence-corrected chi connectivity index (χ3v) is 5.04. The van der Waals surface area contributed by atoms with Gasteiger partial charge in [0.15, 0.2) is 0 Å². The summed E-state index contributed by atoms with van der Waals surface area (Å²) in [5.41, 5.74) is 9.31. The number of anilines is 1. The number of benzene rings is 1. The van der Waals surface area contributed by atoms with E-state index in [1.807, 2.05) is 0 Å². The van der Waals surface area contributed by atoms with E-state index < -0.39 is 0 Å². The van der Waals surface area contributed by atoms with Gasteiger partial charge in [0.05, 0.1) is 0 Å². The molecular formula is C16H22N2S. The molecule has 2 aliphatic rings. The van der Waals surface area contributed by atoms with Crippen LogP contribution in [0.25, 0.3) is 0 Å².